The van der Waals surface area contributed by atoms with Crippen molar-refractivity contribution in [1.82, 2.24) is 10.2 Å². The molecule has 6 heteroatoms. The van der Waals surface area contributed by atoms with Crippen molar-refractivity contribution in [3.05, 3.63) is 29.8 Å². The van der Waals surface area contributed by atoms with Crippen LogP contribution in [0.15, 0.2) is 24.3 Å². The van der Waals surface area contributed by atoms with E-state index in [0.717, 1.165) is 0 Å². The van der Waals surface area contributed by atoms with Crippen molar-refractivity contribution >= 4 is 11.8 Å². The van der Waals surface area contributed by atoms with Gasteiger partial charge in [0.25, 0.3) is 5.91 Å². The third-order valence-corrected chi connectivity index (χ3v) is 3.60. The zero-order valence-corrected chi connectivity index (χ0v) is 13.9. The number of carbonyl (C=O) groups is 2. The molecular weight excluding hydrogens is 296 g/mol. The summed E-state index contributed by atoms with van der Waals surface area (Å²) >= 11 is 0. The average Bonchev–Trinajstić information content (AvgIpc) is 2.52. The fourth-order valence-electron chi connectivity index (χ4n) is 2.68. The molecular formula is C17H24N2O4. The van der Waals surface area contributed by atoms with Gasteiger partial charge in [-0.05, 0) is 32.9 Å². The standard InChI is InChI=1S/C17H24N2O4/c1-4-22-15-8-6-5-7-14(15)17(21)18-9-16(20)19-10-12(2)23-13(3)11-19/h5-8,12-13H,4,9-11H2,1-3H3,(H,18,21). The van der Waals surface area contributed by atoms with Crippen molar-refractivity contribution < 1.29 is 19.1 Å². The van der Waals surface area contributed by atoms with E-state index in [1.54, 1.807) is 23.1 Å². The van der Waals surface area contributed by atoms with E-state index in [4.69, 9.17) is 9.47 Å². The van der Waals surface area contributed by atoms with Gasteiger partial charge in [0.05, 0.1) is 30.9 Å². The first-order valence-electron chi connectivity index (χ1n) is 7.94. The number of amides is 2. The molecule has 2 amide bonds. The molecule has 1 fully saturated rings. The van der Waals surface area contributed by atoms with Crippen LogP contribution in [0.1, 0.15) is 31.1 Å². The third kappa shape index (κ3) is 4.69. The molecule has 0 radical (unpaired) electrons. The molecule has 23 heavy (non-hydrogen) atoms. The molecule has 126 valence electrons. The summed E-state index contributed by atoms with van der Waals surface area (Å²) in [5.74, 6) is 0.111. The lowest BCUT2D eigenvalue weighted by Gasteiger charge is -2.35. The van der Waals surface area contributed by atoms with E-state index in [9.17, 15) is 9.59 Å². The summed E-state index contributed by atoms with van der Waals surface area (Å²) in [5, 5.41) is 2.67. The van der Waals surface area contributed by atoms with Crippen molar-refractivity contribution in [1.29, 1.82) is 0 Å². The van der Waals surface area contributed by atoms with Crippen LogP contribution in [0.25, 0.3) is 0 Å². The fourth-order valence-corrected chi connectivity index (χ4v) is 2.68. The van der Waals surface area contributed by atoms with Crippen molar-refractivity contribution in [2.75, 3.05) is 26.2 Å². The number of nitrogens with zero attached hydrogens (tertiary/aromatic N) is 1. The van der Waals surface area contributed by atoms with Gasteiger partial charge in [-0.15, -0.1) is 0 Å². The number of para-hydroxylation sites is 1. The van der Waals surface area contributed by atoms with Crippen molar-refractivity contribution in [3.8, 4) is 5.75 Å². The molecule has 1 aromatic rings. The summed E-state index contributed by atoms with van der Waals surface area (Å²) < 4.78 is 11.0. The predicted octanol–water partition coefficient (Wildman–Crippen LogP) is 1.45. The Morgan fingerprint density at radius 1 is 1.26 bits per heavy atom. The summed E-state index contributed by atoms with van der Waals surface area (Å²) in [6.45, 7) is 7.29. The molecule has 1 aliphatic heterocycles. The van der Waals surface area contributed by atoms with Gasteiger partial charge >= 0.3 is 0 Å². The Bertz CT molecular complexity index is 551. The highest BCUT2D eigenvalue weighted by molar-refractivity contribution is 5.98. The van der Waals surface area contributed by atoms with Gasteiger partial charge in [-0.3, -0.25) is 9.59 Å². The first-order valence-corrected chi connectivity index (χ1v) is 7.94. The number of hydrogen-bond acceptors (Lipinski definition) is 4. The molecule has 1 heterocycles. The van der Waals surface area contributed by atoms with Gasteiger partial charge in [0, 0.05) is 13.1 Å². The van der Waals surface area contributed by atoms with Crippen LogP contribution in [-0.4, -0.2) is 55.2 Å². The molecule has 1 saturated heterocycles. The quantitative estimate of drug-likeness (QED) is 0.892. The number of rotatable bonds is 5. The minimum atomic E-state index is -0.309. The SMILES string of the molecule is CCOc1ccccc1C(=O)NCC(=O)N1CC(C)OC(C)C1. The Morgan fingerprint density at radius 2 is 1.91 bits per heavy atom. The number of carbonyl (C=O) groups excluding carboxylic acids is 2. The fraction of sp³-hybridized carbons (Fsp3) is 0.529. The summed E-state index contributed by atoms with van der Waals surface area (Å²) in [6, 6.07) is 7.00. The van der Waals surface area contributed by atoms with E-state index in [2.05, 4.69) is 5.32 Å². The normalized spacial score (nSPS) is 20.9. The van der Waals surface area contributed by atoms with Gasteiger partial charge in [0.2, 0.25) is 5.91 Å². The average molecular weight is 320 g/mol. The number of nitrogens with one attached hydrogen (secondary N) is 1. The molecule has 2 atom stereocenters. The van der Waals surface area contributed by atoms with Gasteiger partial charge in [0.1, 0.15) is 5.75 Å². The molecule has 0 spiro atoms. The first-order chi connectivity index (χ1) is 11.0. The lowest BCUT2D eigenvalue weighted by Crippen LogP contribution is -2.51. The van der Waals surface area contributed by atoms with E-state index in [-0.39, 0.29) is 30.6 Å². The van der Waals surface area contributed by atoms with Crippen molar-refractivity contribution in [2.45, 2.75) is 33.0 Å². The highest BCUT2D eigenvalue weighted by Crippen LogP contribution is 2.17. The van der Waals surface area contributed by atoms with E-state index in [1.165, 1.54) is 0 Å². The van der Waals surface area contributed by atoms with E-state index in [0.29, 0.717) is 31.0 Å². The zero-order chi connectivity index (χ0) is 16.8. The minimum absolute atomic E-state index is 0.0112. The molecule has 6 nitrogen and oxygen atoms in total. The van der Waals surface area contributed by atoms with Crippen LogP contribution in [0.2, 0.25) is 0 Å². The number of hydrogen-bond donors (Lipinski definition) is 1. The Morgan fingerprint density at radius 3 is 2.57 bits per heavy atom. The molecule has 2 rings (SSSR count). The molecule has 1 aliphatic rings. The molecule has 0 bridgehead atoms. The van der Waals surface area contributed by atoms with Gasteiger partial charge in [-0.25, -0.2) is 0 Å². The van der Waals surface area contributed by atoms with Crippen LogP contribution in [0.4, 0.5) is 0 Å². The topological polar surface area (TPSA) is 67.9 Å². The van der Waals surface area contributed by atoms with E-state index in [1.807, 2.05) is 26.8 Å². The largest absolute Gasteiger partial charge is 0.493 e. The Hall–Kier alpha value is -2.08. The molecule has 0 saturated carbocycles. The second-order valence-corrected chi connectivity index (χ2v) is 5.67. The lowest BCUT2D eigenvalue weighted by molar-refractivity contribution is -0.142. The summed E-state index contributed by atoms with van der Waals surface area (Å²) in [4.78, 5) is 26.3. The Labute approximate surface area is 136 Å². The summed E-state index contributed by atoms with van der Waals surface area (Å²) in [7, 11) is 0. The van der Waals surface area contributed by atoms with Gasteiger partial charge < -0.3 is 19.7 Å². The van der Waals surface area contributed by atoms with Crippen LogP contribution in [0, 0.1) is 0 Å². The number of benzene rings is 1. The smallest absolute Gasteiger partial charge is 0.255 e. The number of morpholine rings is 1. The molecule has 2 unspecified atom stereocenters. The second kappa shape index (κ2) is 7.97. The second-order valence-electron chi connectivity index (χ2n) is 5.67. The molecule has 1 N–H and O–H groups in total. The first kappa shape index (κ1) is 17.3. The number of ether oxygens (including phenoxy) is 2. The van der Waals surface area contributed by atoms with Crippen molar-refractivity contribution in [2.24, 2.45) is 0 Å². The van der Waals surface area contributed by atoms with Gasteiger partial charge in [-0.1, -0.05) is 12.1 Å². The maximum Gasteiger partial charge on any atom is 0.255 e. The molecule has 0 aromatic heterocycles. The molecule has 0 aliphatic carbocycles. The van der Waals surface area contributed by atoms with Crippen LogP contribution in [-0.2, 0) is 9.53 Å². The van der Waals surface area contributed by atoms with Crippen LogP contribution < -0.4 is 10.1 Å². The minimum Gasteiger partial charge on any atom is -0.493 e. The van der Waals surface area contributed by atoms with Crippen LogP contribution in [0.3, 0.4) is 0 Å². The van der Waals surface area contributed by atoms with Crippen molar-refractivity contribution in [3.63, 3.8) is 0 Å². The summed E-state index contributed by atoms with van der Waals surface area (Å²) in [5.41, 5.74) is 0.436. The Balaban J connectivity index is 1.92. The molecule has 1 aromatic carbocycles. The van der Waals surface area contributed by atoms with Gasteiger partial charge in [0.15, 0.2) is 0 Å². The monoisotopic (exact) mass is 320 g/mol. The highest BCUT2D eigenvalue weighted by Gasteiger charge is 2.26. The van der Waals surface area contributed by atoms with Gasteiger partial charge in [-0.2, -0.15) is 0 Å². The lowest BCUT2D eigenvalue weighted by atomic mass is 10.2. The van der Waals surface area contributed by atoms with Crippen LogP contribution in [0.5, 0.6) is 5.75 Å². The maximum atomic E-state index is 12.3. The van der Waals surface area contributed by atoms with E-state index < -0.39 is 0 Å². The highest BCUT2D eigenvalue weighted by atomic mass is 16.5. The van der Waals surface area contributed by atoms with E-state index >= 15 is 0 Å². The third-order valence-electron chi connectivity index (χ3n) is 3.60. The predicted molar refractivity (Wildman–Crippen MR) is 86.5 cm³/mol. The van der Waals surface area contributed by atoms with Crippen LogP contribution >= 0.6 is 0 Å². The Kier molecular flexibility index (Phi) is 5.98. The summed E-state index contributed by atoms with van der Waals surface area (Å²) in [6.07, 6.45) is 0.0224. The zero-order valence-electron chi connectivity index (χ0n) is 13.9. The maximum absolute atomic E-state index is 12.3.